The maximum Gasteiger partial charge on any atom is 0.242 e. The Morgan fingerprint density at radius 2 is 1.69 bits per heavy atom. The summed E-state index contributed by atoms with van der Waals surface area (Å²) in [6, 6.07) is 17.6. The van der Waals surface area contributed by atoms with Crippen LogP contribution in [0.3, 0.4) is 0 Å². The van der Waals surface area contributed by atoms with Crippen LogP contribution >= 0.6 is 11.8 Å². The van der Waals surface area contributed by atoms with Crippen molar-refractivity contribution in [2.75, 3.05) is 5.75 Å². The van der Waals surface area contributed by atoms with Gasteiger partial charge in [-0.3, -0.25) is 9.59 Å². The number of carbonyl (C=O) groups excluding carboxylic acids is 2. The molecule has 0 aliphatic carbocycles. The van der Waals surface area contributed by atoms with Gasteiger partial charge in [-0.1, -0.05) is 61.5 Å². The van der Waals surface area contributed by atoms with Crippen LogP contribution in [0.25, 0.3) is 0 Å². The minimum absolute atomic E-state index is 0.0146. The number of aryl methyl sites for hydroxylation is 1. The van der Waals surface area contributed by atoms with E-state index in [2.05, 4.69) is 24.4 Å². The van der Waals surface area contributed by atoms with Crippen molar-refractivity contribution in [3.63, 3.8) is 0 Å². The summed E-state index contributed by atoms with van der Waals surface area (Å²) in [6.45, 7) is 8.34. The predicted molar refractivity (Wildman–Crippen MR) is 122 cm³/mol. The van der Waals surface area contributed by atoms with Crippen LogP contribution in [0.4, 0.5) is 0 Å². The van der Waals surface area contributed by atoms with Crippen molar-refractivity contribution >= 4 is 23.6 Å². The molecule has 2 unspecified atom stereocenters. The molecule has 5 heteroatoms. The predicted octanol–water partition coefficient (Wildman–Crippen LogP) is 4.56. The number of nitrogens with one attached hydrogen (secondary N) is 1. The summed E-state index contributed by atoms with van der Waals surface area (Å²) in [6.07, 6.45) is 0.859. The normalized spacial score (nSPS) is 12.8. The smallest absolute Gasteiger partial charge is 0.242 e. The van der Waals surface area contributed by atoms with Crippen LogP contribution in [0.2, 0.25) is 0 Å². The van der Waals surface area contributed by atoms with Crippen LogP contribution in [-0.2, 0) is 21.9 Å². The minimum Gasteiger partial charge on any atom is -0.352 e. The Morgan fingerprint density at radius 3 is 2.34 bits per heavy atom. The molecule has 2 rings (SSSR count). The van der Waals surface area contributed by atoms with Crippen molar-refractivity contribution in [1.82, 2.24) is 10.2 Å². The second kappa shape index (κ2) is 11.7. The molecule has 0 aromatic heterocycles. The lowest BCUT2D eigenvalue weighted by atomic mass is 10.1. The molecule has 0 heterocycles. The number of benzene rings is 2. The van der Waals surface area contributed by atoms with Gasteiger partial charge in [0.2, 0.25) is 11.8 Å². The number of amides is 2. The standard InChI is InChI=1S/C24H32N2O2S/c1-5-19(3)25-24(28)20(4)26(15-21-12-7-6-8-13-21)23(27)17-29-16-22-14-10-9-11-18(22)2/h6-14,19-20H,5,15-17H2,1-4H3,(H,25,28). The molecule has 0 saturated carbocycles. The maximum absolute atomic E-state index is 13.0. The first-order chi connectivity index (χ1) is 13.9. The van der Waals surface area contributed by atoms with Crippen molar-refractivity contribution in [1.29, 1.82) is 0 Å². The molecule has 4 nitrogen and oxygen atoms in total. The third kappa shape index (κ3) is 7.24. The highest BCUT2D eigenvalue weighted by molar-refractivity contribution is 7.99. The summed E-state index contributed by atoms with van der Waals surface area (Å²) in [5.41, 5.74) is 3.49. The average Bonchev–Trinajstić information content (AvgIpc) is 2.73. The van der Waals surface area contributed by atoms with Crippen molar-refractivity contribution in [3.05, 3.63) is 71.3 Å². The lowest BCUT2D eigenvalue weighted by Gasteiger charge is -2.29. The SMILES string of the molecule is CCC(C)NC(=O)C(C)N(Cc1ccccc1)C(=O)CSCc1ccccc1C. The maximum atomic E-state index is 13.0. The van der Waals surface area contributed by atoms with Gasteiger partial charge in [0.15, 0.2) is 0 Å². The molecule has 0 spiro atoms. The molecule has 0 aliphatic rings. The fourth-order valence-electron chi connectivity index (χ4n) is 2.93. The van der Waals surface area contributed by atoms with Gasteiger partial charge in [-0.2, -0.15) is 0 Å². The quantitative estimate of drug-likeness (QED) is 0.622. The second-order valence-electron chi connectivity index (χ2n) is 7.42. The van der Waals surface area contributed by atoms with Crippen molar-refractivity contribution in [2.45, 2.75) is 58.5 Å². The summed E-state index contributed by atoms with van der Waals surface area (Å²) in [5, 5.41) is 3.00. The third-order valence-corrected chi connectivity index (χ3v) is 6.07. The first-order valence-electron chi connectivity index (χ1n) is 10.2. The summed E-state index contributed by atoms with van der Waals surface area (Å²) in [5.74, 6) is 1.01. The van der Waals surface area contributed by atoms with E-state index in [0.717, 1.165) is 17.7 Å². The van der Waals surface area contributed by atoms with Crippen LogP contribution < -0.4 is 5.32 Å². The van der Waals surface area contributed by atoms with Gasteiger partial charge in [0.1, 0.15) is 6.04 Å². The summed E-state index contributed by atoms with van der Waals surface area (Å²) < 4.78 is 0. The molecule has 0 bridgehead atoms. The highest BCUT2D eigenvalue weighted by Gasteiger charge is 2.26. The van der Waals surface area contributed by atoms with Gasteiger partial charge in [-0.15, -0.1) is 11.8 Å². The molecule has 156 valence electrons. The number of thioether (sulfide) groups is 1. The van der Waals surface area contributed by atoms with Crippen molar-refractivity contribution < 1.29 is 9.59 Å². The van der Waals surface area contributed by atoms with Crippen LogP contribution in [0.1, 0.15) is 43.9 Å². The third-order valence-electron chi connectivity index (χ3n) is 5.11. The second-order valence-corrected chi connectivity index (χ2v) is 8.41. The fraction of sp³-hybridized carbons (Fsp3) is 0.417. The lowest BCUT2D eigenvalue weighted by Crippen LogP contribution is -2.50. The van der Waals surface area contributed by atoms with E-state index in [-0.39, 0.29) is 17.9 Å². The Kier molecular flexibility index (Phi) is 9.26. The Morgan fingerprint density at radius 1 is 1.03 bits per heavy atom. The molecular formula is C24H32N2O2S. The Labute approximate surface area is 179 Å². The number of hydrogen-bond donors (Lipinski definition) is 1. The molecule has 0 radical (unpaired) electrons. The van der Waals surface area contributed by atoms with Crippen LogP contribution in [0.15, 0.2) is 54.6 Å². The largest absolute Gasteiger partial charge is 0.352 e. The number of nitrogens with zero attached hydrogens (tertiary/aromatic N) is 1. The average molecular weight is 413 g/mol. The first kappa shape index (κ1) is 23.0. The van der Waals surface area contributed by atoms with Gasteiger partial charge in [-0.25, -0.2) is 0 Å². The zero-order valence-corrected chi connectivity index (χ0v) is 18.7. The minimum atomic E-state index is -0.518. The molecule has 0 aliphatic heterocycles. The van der Waals surface area contributed by atoms with E-state index in [1.807, 2.05) is 63.2 Å². The van der Waals surface area contributed by atoms with Crippen molar-refractivity contribution in [3.8, 4) is 0 Å². The zero-order valence-electron chi connectivity index (χ0n) is 17.9. The summed E-state index contributed by atoms with van der Waals surface area (Å²) in [4.78, 5) is 27.4. The van der Waals surface area contributed by atoms with E-state index < -0.39 is 6.04 Å². The molecular weight excluding hydrogens is 380 g/mol. The Hall–Kier alpha value is -2.27. The highest BCUT2D eigenvalue weighted by Crippen LogP contribution is 2.18. The van der Waals surface area contributed by atoms with Gasteiger partial charge in [0.05, 0.1) is 5.75 Å². The zero-order chi connectivity index (χ0) is 21.2. The van der Waals surface area contributed by atoms with E-state index in [0.29, 0.717) is 12.3 Å². The van der Waals surface area contributed by atoms with E-state index in [1.54, 1.807) is 16.7 Å². The van der Waals surface area contributed by atoms with E-state index >= 15 is 0 Å². The van der Waals surface area contributed by atoms with E-state index in [4.69, 9.17) is 0 Å². The monoisotopic (exact) mass is 412 g/mol. The number of carbonyl (C=O) groups is 2. The van der Waals surface area contributed by atoms with Gasteiger partial charge >= 0.3 is 0 Å². The van der Waals surface area contributed by atoms with Gasteiger partial charge in [0, 0.05) is 18.3 Å². The molecule has 29 heavy (non-hydrogen) atoms. The van der Waals surface area contributed by atoms with Gasteiger partial charge in [-0.05, 0) is 43.9 Å². The van der Waals surface area contributed by atoms with E-state index in [1.165, 1.54) is 11.1 Å². The molecule has 0 fully saturated rings. The lowest BCUT2D eigenvalue weighted by molar-refractivity contribution is -0.138. The highest BCUT2D eigenvalue weighted by atomic mass is 32.2. The number of rotatable bonds is 10. The molecule has 2 atom stereocenters. The first-order valence-corrected chi connectivity index (χ1v) is 11.3. The summed E-state index contributed by atoms with van der Waals surface area (Å²) in [7, 11) is 0. The molecule has 2 aromatic carbocycles. The van der Waals surface area contributed by atoms with Crippen molar-refractivity contribution in [2.24, 2.45) is 0 Å². The molecule has 1 N–H and O–H groups in total. The van der Waals surface area contributed by atoms with Crippen LogP contribution in [0, 0.1) is 6.92 Å². The summed E-state index contributed by atoms with van der Waals surface area (Å²) >= 11 is 1.59. The fourth-order valence-corrected chi connectivity index (χ4v) is 3.92. The van der Waals surface area contributed by atoms with Crippen LogP contribution in [-0.4, -0.2) is 34.6 Å². The van der Waals surface area contributed by atoms with Gasteiger partial charge < -0.3 is 10.2 Å². The van der Waals surface area contributed by atoms with Gasteiger partial charge in [0.25, 0.3) is 0 Å². The molecule has 2 aromatic rings. The van der Waals surface area contributed by atoms with E-state index in [9.17, 15) is 9.59 Å². The molecule has 0 saturated heterocycles. The number of hydrogen-bond acceptors (Lipinski definition) is 3. The van der Waals surface area contributed by atoms with Crippen LogP contribution in [0.5, 0.6) is 0 Å². The topological polar surface area (TPSA) is 49.4 Å². The Bertz CT molecular complexity index is 794. The molecule has 2 amide bonds. The Balaban J connectivity index is 2.05.